The zero-order valence-electron chi connectivity index (χ0n) is 17.8. The summed E-state index contributed by atoms with van der Waals surface area (Å²) in [6, 6.07) is 11.3. The third kappa shape index (κ3) is 3.56. The molecule has 0 radical (unpaired) electrons. The van der Waals surface area contributed by atoms with Crippen molar-refractivity contribution in [3.8, 4) is 0 Å². The van der Waals surface area contributed by atoms with Crippen LogP contribution in [0.2, 0.25) is 0 Å². The fourth-order valence-corrected chi connectivity index (χ4v) is 6.19. The maximum Gasteiger partial charge on any atom is 0.346 e. The molecule has 3 aliphatic rings. The summed E-state index contributed by atoms with van der Waals surface area (Å²) in [7, 11) is 0. The van der Waals surface area contributed by atoms with Crippen molar-refractivity contribution in [2.75, 3.05) is 26.2 Å². The largest absolute Gasteiger partial charge is 0.477 e. The van der Waals surface area contributed by atoms with Crippen molar-refractivity contribution < 1.29 is 39.5 Å². The summed E-state index contributed by atoms with van der Waals surface area (Å²) < 4.78 is 15.1. The molecule has 7 N–H and O–H groups in total. The molecule has 0 spiro atoms. The quantitative estimate of drug-likeness (QED) is 0.358. The number of thioether (sulfide) groups is 1. The van der Waals surface area contributed by atoms with Crippen molar-refractivity contribution in [2.45, 2.75) is 18.8 Å². The highest BCUT2D eigenvalue weighted by molar-refractivity contribution is 8.04. The molecule has 0 bridgehead atoms. The van der Waals surface area contributed by atoms with Crippen LogP contribution in [0.3, 0.4) is 0 Å². The van der Waals surface area contributed by atoms with Crippen molar-refractivity contribution in [1.29, 1.82) is 0 Å². The molecule has 0 aliphatic carbocycles. The molecule has 3 aliphatic heterocycles. The Hall–Kier alpha value is -2.56. The summed E-state index contributed by atoms with van der Waals surface area (Å²) in [6.45, 7) is 6.38. The molecule has 0 saturated carbocycles. The molecule has 2 saturated heterocycles. The van der Waals surface area contributed by atoms with Crippen molar-refractivity contribution in [1.82, 2.24) is 0 Å². The van der Waals surface area contributed by atoms with Crippen LogP contribution < -0.4 is 20.4 Å². The molecular formula is C23H27FN4O3S+4. The fourth-order valence-electron chi connectivity index (χ4n) is 4.94. The summed E-state index contributed by atoms with van der Waals surface area (Å²) in [4.78, 5) is 27.8. The first kappa shape index (κ1) is 21.3. The molecule has 7 nitrogen and oxygen atoms in total. The zero-order valence-corrected chi connectivity index (χ0v) is 18.7. The van der Waals surface area contributed by atoms with E-state index in [1.54, 1.807) is 6.07 Å². The van der Waals surface area contributed by atoms with Crippen LogP contribution in [0.1, 0.15) is 22.8 Å². The van der Waals surface area contributed by atoms with Crippen LogP contribution in [0, 0.1) is 5.82 Å². The highest BCUT2D eigenvalue weighted by Gasteiger charge is 2.51. The smallest absolute Gasteiger partial charge is 0.346 e. The van der Waals surface area contributed by atoms with E-state index >= 15 is 4.39 Å². The number of piperazine rings is 1. The van der Waals surface area contributed by atoms with Gasteiger partial charge >= 0.3 is 5.97 Å². The minimum Gasteiger partial charge on any atom is -0.477 e. The summed E-state index contributed by atoms with van der Waals surface area (Å²) in [6.07, 6.45) is 0. The standard InChI is InChI=1S/C23H23FN4O3S/c1-13-28-18-11-19(17(24)10-16(18)21(29)20(23(30)31)22(28)32-13)27-8-6-26(7-9-27)12-14-2-4-15(25)5-3-14/h2-5,10-11,13H,6-9,12,25H2,1H3,(H,30,31)/p+4. The Morgan fingerprint density at radius 3 is 2.47 bits per heavy atom. The number of nitrogens with one attached hydrogen (secondary N) is 3. The van der Waals surface area contributed by atoms with Crippen LogP contribution in [0.15, 0.2) is 47.0 Å². The Kier molecular flexibility index (Phi) is 5.39. The van der Waals surface area contributed by atoms with E-state index in [-0.39, 0.29) is 16.5 Å². The zero-order chi connectivity index (χ0) is 22.6. The Morgan fingerprint density at radius 1 is 1.16 bits per heavy atom. The van der Waals surface area contributed by atoms with Gasteiger partial charge in [-0.15, -0.1) is 0 Å². The Labute approximate surface area is 189 Å². The minimum atomic E-state index is -1.24. The van der Waals surface area contributed by atoms with E-state index in [1.807, 2.05) is 19.1 Å². The van der Waals surface area contributed by atoms with Gasteiger partial charge in [-0.3, -0.25) is 14.6 Å². The molecule has 0 amide bonds. The number of carboxylic acids is 1. The summed E-state index contributed by atoms with van der Waals surface area (Å²) in [5, 5.41) is 10.1. The number of aliphatic carboxylic acids is 1. The van der Waals surface area contributed by atoms with Gasteiger partial charge in [0.15, 0.2) is 33.2 Å². The number of carbonyl (C=O) groups is 2. The number of ketones is 1. The van der Waals surface area contributed by atoms with Gasteiger partial charge in [0, 0.05) is 5.56 Å². The average Bonchev–Trinajstić information content (AvgIpc) is 2.75. The highest BCUT2D eigenvalue weighted by atomic mass is 32.2. The lowest BCUT2D eigenvalue weighted by atomic mass is 9.96. The number of Topliss-reactive ketones (excluding diaryl/α,β-unsaturated/α-hetero) is 1. The van der Waals surface area contributed by atoms with E-state index in [2.05, 4.69) is 17.9 Å². The first-order chi connectivity index (χ1) is 15.3. The number of hydrogen-bond donors (Lipinski definition) is 5. The van der Waals surface area contributed by atoms with Crippen LogP contribution in [0.4, 0.5) is 21.5 Å². The third-order valence-corrected chi connectivity index (χ3v) is 7.92. The van der Waals surface area contributed by atoms with Gasteiger partial charge in [0.1, 0.15) is 38.4 Å². The monoisotopic (exact) mass is 458 g/mol. The first-order valence-electron chi connectivity index (χ1n) is 10.8. The maximum atomic E-state index is 15.1. The van der Waals surface area contributed by atoms with Crippen molar-refractivity contribution in [3.05, 3.63) is 63.9 Å². The van der Waals surface area contributed by atoms with E-state index in [0.29, 0.717) is 16.4 Å². The van der Waals surface area contributed by atoms with Gasteiger partial charge in [-0.05, 0) is 49.0 Å². The Morgan fingerprint density at radius 2 is 1.84 bits per heavy atom. The SMILES string of the molecule is CC1SC2=C(C(=O)O)C(=O)c3cc(F)c([NH+]4CC[NH+](Cc5ccc([NH3+])cc5)CC4)cc3[NH+]21. The van der Waals surface area contributed by atoms with Gasteiger partial charge in [0.2, 0.25) is 5.78 Å². The van der Waals surface area contributed by atoms with Crippen LogP contribution in [-0.4, -0.2) is 48.4 Å². The van der Waals surface area contributed by atoms with E-state index in [0.717, 1.165) is 48.2 Å². The minimum absolute atomic E-state index is 0.0884. The molecular weight excluding hydrogens is 431 g/mol. The lowest BCUT2D eigenvalue weighted by Gasteiger charge is -2.39. The highest BCUT2D eigenvalue weighted by Crippen LogP contribution is 2.37. The number of halogens is 1. The molecule has 2 unspecified atom stereocenters. The van der Waals surface area contributed by atoms with Crippen LogP contribution in [0.5, 0.6) is 0 Å². The normalized spacial score (nSPS) is 26.9. The van der Waals surface area contributed by atoms with E-state index < -0.39 is 17.6 Å². The van der Waals surface area contributed by atoms with Crippen molar-refractivity contribution in [2.24, 2.45) is 0 Å². The lowest BCUT2D eigenvalue weighted by molar-refractivity contribution is -0.995. The molecule has 9 heteroatoms. The molecule has 0 aromatic heterocycles. The number of rotatable bonds is 4. The second kappa shape index (κ2) is 8.09. The van der Waals surface area contributed by atoms with E-state index in [9.17, 15) is 14.7 Å². The lowest BCUT2D eigenvalue weighted by Crippen LogP contribution is -3.25. The second-order valence-corrected chi connectivity index (χ2v) is 10.1. The molecule has 2 atom stereocenters. The van der Waals surface area contributed by atoms with Gasteiger partial charge in [0.25, 0.3) is 0 Å². The number of hydrogen-bond acceptors (Lipinski definition) is 3. The van der Waals surface area contributed by atoms with Crippen molar-refractivity contribution in [3.63, 3.8) is 0 Å². The number of quaternary nitrogens is 4. The van der Waals surface area contributed by atoms with Gasteiger partial charge in [0.05, 0.1) is 11.6 Å². The van der Waals surface area contributed by atoms with E-state index in [4.69, 9.17) is 0 Å². The average molecular weight is 459 g/mol. The Balaban J connectivity index is 1.36. The van der Waals surface area contributed by atoms with Gasteiger partial charge in [-0.1, -0.05) is 0 Å². The molecule has 32 heavy (non-hydrogen) atoms. The predicted octanol–water partition coefficient (Wildman–Crippen LogP) is -1.58. The first-order valence-corrected chi connectivity index (χ1v) is 11.7. The topological polar surface area (TPSA) is 95.3 Å². The number of carbonyl (C=O) groups excluding carboxylic acids is 1. The predicted molar refractivity (Wildman–Crippen MR) is 117 cm³/mol. The molecule has 2 aromatic carbocycles. The summed E-state index contributed by atoms with van der Waals surface area (Å²) in [5.41, 5.74) is 7.43. The van der Waals surface area contributed by atoms with Gasteiger partial charge < -0.3 is 15.7 Å². The van der Waals surface area contributed by atoms with Crippen LogP contribution in [0.25, 0.3) is 0 Å². The number of benzene rings is 2. The van der Waals surface area contributed by atoms with Crippen LogP contribution in [-0.2, 0) is 11.3 Å². The van der Waals surface area contributed by atoms with Crippen LogP contribution >= 0.6 is 11.8 Å². The molecule has 166 valence electrons. The Bertz CT molecular complexity index is 1140. The van der Waals surface area contributed by atoms with Crippen molar-refractivity contribution >= 4 is 40.6 Å². The summed E-state index contributed by atoms with van der Waals surface area (Å²) in [5.74, 6) is -2.27. The summed E-state index contributed by atoms with van der Waals surface area (Å²) >= 11 is 1.40. The maximum absolute atomic E-state index is 15.1. The van der Waals surface area contributed by atoms with Gasteiger partial charge in [-0.25, -0.2) is 9.18 Å². The second-order valence-electron chi connectivity index (χ2n) is 8.74. The van der Waals surface area contributed by atoms with E-state index in [1.165, 1.54) is 28.3 Å². The number of fused-ring (bicyclic) bond motifs is 3. The molecule has 2 fully saturated rings. The fraction of sp³-hybridized carbons (Fsp3) is 0.304. The third-order valence-electron chi connectivity index (χ3n) is 6.67. The molecule has 3 heterocycles. The van der Waals surface area contributed by atoms with Gasteiger partial charge in [-0.2, -0.15) is 0 Å². The molecule has 2 aromatic rings. The molecule has 5 rings (SSSR count). The number of carboxylic acid groups (broad SMARTS) is 1.